The molecular formula is C21H33N3O3S2. The van der Waals surface area contributed by atoms with Crippen LogP contribution in [0.5, 0.6) is 0 Å². The molecule has 3 rings (SSSR count). The van der Waals surface area contributed by atoms with Crippen LogP contribution < -0.4 is 5.32 Å². The Labute approximate surface area is 181 Å². The van der Waals surface area contributed by atoms with Crippen molar-refractivity contribution in [1.29, 1.82) is 0 Å². The summed E-state index contributed by atoms with van der Waals surface area (Å²) in [6, 6.07) is 0.593. The maximum Gasteiger partial charge on any atom is 0.324 e. The van der Waals surface area contributed by atoms with Gasteiger partial charge in [0.25, 0.3) is 0 Å². The smallest absolute Gasteiger partial charge is 0.324 e. The molecule has 0 spiro atoms. The van der Waals surface area contributed by atoms with Crippen molar-refractivity contribution in [1.82, 2.24) is 9.88 Å². The molecule has 2 aliphatic rings. The van der Waals surface area contributed by atoms with Crippen molar-refractivity contribution >= 4 is 40.2 Å². The maximum absolute atomic E-state index is 13.3. The summed E-state index contributed by atoms with van der Waals surface area (Å²) in [5.74, 6) is -0.116. The number of aromatic nitrogens is 1. The predicted molar refractivity (Wildman–Crippen MR) is 119 cm³/mol. The number of nitrogens with one attached hydrogen (secondary N) is 1. The molecule has 1 aromatic heterocycles. The topological polar surface area (TPSA) is 82.5 Å². The van der Waals surface area contributed by atoms with E-state index in [1.807, 2.05) is 0 Å². The Hall–Kier alpha value is -1.28. The molecule has 0 atom stereocenters. The molecule has 2 saturated carbocycles. The molecule has 6 nitrogen and oxygen atoms in total. The molecule has 1 aromatic rings. The lowest BCUT2D eigenvalue weighted by Crippen LogP contribution is -2.51. The van der Waals surface area contributed by atoms with Crippen LogP contribution in [0.2, 0.25) is 0 Å². The van der Waals surface area contributed by atoms with E-state index in [4.69, 9.17) is 0 Å². The van der Waals surface area contributed by atoms with Gasteiger partial charge in [-0.2, -0.15) is 0 Å². The van der Waals surface area contributed by atoms with Gasteiger partial charge >= 0.3 is 12.0 Å². The minimum absolute atomic E-state index is 0.0418. The highest BCUT2D eigenvalue weighted by molar-refractivity contribution is 8.03. The Morgan fingerprint density at radius 1 is 1.14 bits per heavy atom. The van der Waals surface area contributed by atoms with E-state index >= 15 is 0 Å². The molecule has 0 aliphatic heterocycles. The van der Waals surface area contributed by atoms with Gasteiger partial charge in [-0.25, -0.2) is 9.78 Å². The van der Waals surface area contributed by atoms with Gasteiger partial charge in [0.2, 0.25) is 0 Å². The van der Waals surface area contributed by atoms with E-state index in [0.717, 1.165) is 35.8 Å². The largest absolute Gasteiger partial charge is 0.480 e. The molecule has 0 radical (unpaired) electrons. The number of carboxylic acid groups (broad SMARTS) is 1. The van der Waals surface area contributed by atoms with Gasteiger partial charge in [0.05, 0.1) is 10.4 Å². The second-order valence-electron chi connectivity index (χ2n) is 8.94. The third kappa shape index (κ3) is 5.87. The van der Waals surface area contributed by atoms with E-state index in [1.165, 1.54) is 55.2 Å². The fourth-order valence-electron chi connectivity index (χ4n) is 4.33. The molecule has 2 amide bonds. The van der Waals surface area contributed by atoms with Crippen LogP contribution in [0.25, 0.3) is 0 Å². The van der Waals surface area contributed by atoms with Crippen LogP contribution in [0.1, 0.15) is 78.6 Å². The summed E-state index contributed by atoms with van der Waals surface area (Å²) in [4.78, 5) is 31.1. The summed E-state index contributed by atoms with van der Waals surface area (Å²) in [6.45, 7) is 5.65. The first-order valence-electron chi connectivity index (χ1n) is 10.7. The van der Waals surface area contributed by atoms with Gasteiger partial charge in [0, 0.05) is 12.1 Å². The Morgan fingerprint density at radius 2 is 1.76 bits per heavy atom. The van der Waals surface area contributed by atoms with Gasteiger partial charge in [-0.05, 0) is 58.3 Å². The number of thioether (sulfide) groups is 1. The average molecular weight is 440 g/mol. The van der Waals surface area contributed by atoms with Crippen molar-refractivity contribution in [2.75, 3.05) is 5.32 Å². The van der Waals surface area contributed by atoms with E-state index in [2.05, 4.69) is 22.1 Å². The van der Waals surface area contributed by atoms with Crippen LogP contribution >= 0.6 is 23.1 Å². The highest BCUT2D eigenvalue weighted by Gasteiger charge is 2.34. The lowest BCUT2D eigenvalue weighted by atomic mass is 9.84. The molecule has 0 aromatic carbocycles. The van der Waals surface area contributed by atoms with Crippen molar-refractivity contribution < 1.29 is 14.7 Å². The van der Waals surface area contributed by atoms with Gasteiger partial charge in [-0.1, -0.05) is 49.3 Å². The molecular weight excluding hydrogens is 406 g/mol. The summed E-state index contributed by atoms with van der Waals surface area (Å²) in [5.41, 5.74) is 0. The Morgan fingerprint density at radius 3 is 2.38 bits per heavy atom. The number of amides is 2. The summed E-state index contributed by atoms with van der Waals surface area (Å²) < 4.78 is -0.135. The van der Waals surface area contributed by atoms with E-state index in [-0.39, 0.29) is 6.03 Å². The molecule has 162 valence electrons. The molecule has 0 unspecified atom stereocenters. The second-order valence-corrected chi connectivity index (χ2v) is 11.9. The summed E-state index contributed by atoms with van der Waals surface area (Å²) in [5, 5.41) is 12.9. The Kier molecular flexibility index (Phi) is 7.48. The Bertz CT molecular complexity index is 708. The number of carbonyl (C=O) groups excluding carboxylic acids is 1. The number of rotatable bonds is 6. The number of thiazole rings is 1. The van der Waals surface area contributed by atoms with Gasteiger partial charge in [0.15, 0.2) is 5.13 Å². The number of aliphatic carboxylic acids is 1. The molecule has 2 fully saturated rings. The van der Waals surface area contributed by atoms with E-state index in [9.17, 15) is 14.7 Å². The highest BCUT2D eigenvalue weighted by Crippen LogP contribution is 2.38. The van der Waals surface area contributed by atoms with Gasteiger partial charge < -0.3 is 10.0 Å². The number of carbonyl (C=O) groups is 2. The Balaban J connectivity index is 1.69. The summed E-state index contributed by atoms with van der Waals surface area (Å²) in [7, 11) is 0. The van der Waals surface area contributed by atoms with Crippen molar-refractivity contribution in [3.63, 3.8) is 0 Å². The third-order valence-corrected chi connectivity index (χ3v) is 8.35. The van der Waals surface area contributed by atoms with Gasteiger partial charge in [-0.3, -0.25) is 10.1 Å². The third-order valence-electron chi connectivity index (χ3n) is 6.15. The van der Waals surface area contributed by atoms with E-state index in [1.54, 1.807) is 20.0 Å². The number of hydrogen-bond donors (Lipinski definition) is 2. The second kappa shape index (κ2) is 9.69. The zero-order chi connectivity index (χ0) is 21.0. The lowest BCUT2D eigenvalue weighted by molar-refractivity contribution is -0.138. The van der Waals surface area contributed by atoms with Crippen LogP contribution in [-0.4, -0.2) is 43.8 Å². The van der Waals surface area contributed by atoms with Crippen molar-refractivity contribution in [2.24, 2.45) is 5.92 Å². The number of carboxylic acids is 1. The van der Waals surface area contributed by atoms with Crippen LogP contribution in [0.4, 0.5) is 9.93 Å². The van der Waals surface area contributed by atoms with Crippen LogP contribution in [0.3, 0.4) is 0 Å². The molecule has 0 bridgehead atoms. The monoisotopic (exact) mass is 439 g/mol. The molecule has 8 heteroatoms. The first-order chi connectivity index (χ1) is 13.8. The molecule has 29 heavy (non-hydrogen) atoms. The first kappa shape index (κ1) is 22.4. The van der Waals surface area contributed by atoms with Crippen molar-refractivity contribution in [3.8, 4) is 0 Å². The highest BCUT2D eigenvalue weighted by atomic mass is 32.2. The maximum atomic E-state index is 13.3. The lowest BCUT2D eigenvalue weighted by Gasteiger charge is -2.42. The molecule has 2 N–H and O–H groups in total. The minimum atomic E-state index is -0.930. The minimum Gasteiger partial charge on any atom is -0.480 e. The zero-order valence-electron chi connectivity index (χ0n) is 17.6. The van der Waals surface area contributed by atoms with Crippen molar-refractivity contribution in [2.45, 2.75) is 99.6 Å². The fourth-order valence-corrected chi connectivity index (χ4v) is 6.59. The van der Waals surface area contributed by atoms with E-state index in [0.29, 0.717) is 17.2 Å². The number of nitrogens with zero attached hydrogens (tertiary/aromatic N) is 2. The van der Waals surface area contributed by atoms with Gasteiger partial charge in [0.1, 0.15) is 4.75 Å². The summed E-state index contributed by atoms with van der Waals surface area (Å²) in [6.07, 6.45) is 12.0. The number of hydrogen-bond acceptors (Lipinski definition) is 5. The molecule has 0 saturated heterocycles. The normalized spacial score (nSPS) is 23.6. The number of urea groups is 1. The predicted octanol–water partition coefficient (Wildman–Crippen LogP) is 5.84. The van der Waals surface area contributed by atoms with E-state index < -0.39 is 10.7 Å². The van der Waals surface area contributed by atoms with Crippen molar-refractivity contribution in [3.05, 3.63) is 6.20 Å². The first-order valence-corrected chi connectivity index (χ1v) is 12.4. The fraction of sp³-hybridized carbons (Fsp3) is 0.762. The quantitative estimate of drug-likeness (QED) is 0.544. The standard InChI is InChI=1S/C21H33N3O3S2/c1-14-9-11-16(12-10-14)24(15-7-5-4-6-8-15)20(27)23-19-22-13-17(28-19)29-21(2,3)18(25)26/h13-16H,4-12H2,1-3H3,(H,25,26)(H,22,23,27)/t14-,16-. The molecule has 2 aliphatic carbocycles. The van der Waals surface area contributed by atoms with Crippen LogP contribution in [0, 0.1) is 5.92 Å². The molecule has 1 heterocycles. The SMILES string of the molecule is CC(C)(Sc1cnc(NC(=O)N(C2CCCCC2)[C@H]2CC[C@H](C)CC2)s1)C(=O)O. The summed E-state index contributed by atoms with van der Waals surface area (Å²) >= 11 is 2.60. The van der Waals surface area contributed by atoms with Crippen LogP contribution in [-0.2, 0) is 4.79 Å². The van der Waals surface area contributed by atoms with Gasteiger partial charge in [-0.15, -0.1) is 0 Å². The van der Waals surface area contributed by atoms with Crippen LogP contribution in [0.15, 0.2) is 10.4 Å². The zero-order valence-corrected chi connectivity index (χ0v) is 19.3. The average Bonchev–Trinajstić information content (AvgIpc) is 3.10. The number of anilines is 1.